The summed E-state index contributed by atoms with van der Waals surface area (Å²) in [5, 5.41) is 0.254. The summed E-state index contributed by atoms with van der Waals surface area (Å²) >= 11 is 5.63. The molecule has 0 spiro atoms. The van der Waals surface area contributed by atoms with E-state index in [1.54, 1.807) is 0 Å². The second kappa shape index (κ2) is 5.65. The highest BCUT2D eigenvalue weighted by atomic mass is 35.5. The minimum atomic E-state index is -2.96. The number of benzene rings is 1. The predicted molar refractivity (Wildman–Crippen MR) is 53.8 cm³/mol. The predicted octanol–water partition coefficient (Wildman–Crippen LogP) is 2.66. The lowest BCUT2D eigenvalue weighted by Gasteiger charge is -2.10. The Morgan fingerprint density at radius 2 is 2.19 bits per heavy atom. The standard InChI is InChI=1S/C10H9ClF2O3/c1-15-9(14)4-6-2-3-7(11)5-8(6)16-10(12)13/h2-3,5,10H,4H2,1H3. The van der Waals surface area contributed by atoms with E-state index in [4.69, 9.17) is 11.6 Å². The zero-order valence-electron chi connectivity index (χ0n) is 8.38. The lowest BCUT2D eigenvalue weighted by atomic mass is 10.1. The molecule has 6 heteroatoms. The molecule has 16 heavy (non-hydrogen) atoms. The third-order valence-electron chi connectivity index (χ3n) is 1.81. The summed E-state index contributed by atoms with van der Waals surface area (Å²) in [5.41, 5.74) is 0.302. The van der Waals surface area contributed by atoms with Crippen LogP contribution in [0.2, 0.25) is 5.02 Å². The number of ether oxygens (including phenoxy) is 2. The summed E-state index contributed by atoms with van der Waals surface area (Å²) in [6, 6.07) is 4.15. The zero-order chi connectivity index (χ0) is 12.1. The molecule has 0 aliphatic carbocycles. The fraction of sp³-hybridized carbons (Fsp3) is 0.300. The molecule has 0 heterocycles. The molecule has 0 unspecified atom stereocenters. The molecule has 0 aromatic heterocycles. The van der Waals surface area contributed by atoms with Gasteiger partial charge < -0.3 is 9.47 Å². The third kappa shape index (κ3) is 3.66. The van der Waals surface area contributed by atoms with Gasteiger partial charge in [0.1, 0.15) is 5.75 Å². The molecule has 0 aliphatic rings. The van der Waals surface area contributed by atoms with Crippen molar-refractivity contribution in [3.05, 3.63) is 28.8 Å². The van der Waals surface area contributed by atoms with Crippen molar-refractivity contribution in [1.29, 1.82) is 0 Å². The summed E-state index contributed by atoms with van der Waals surface area (Å²) < 4.78 is 32.8. The molecule has 0 fully saturated rings. The van der Waals surface area contributed by atoms with E-state index in [-0.39, 0.29) is 17.2 Å². The maximum Gasteiger partial charge on any atom is 0.387 e. The Morgan fingerprint density at radius 3 is 2.75 bits per heavy atom. The van der Waals surface area contributed by atoms with Crippen molar-refractivity contribution in [3.63, 3.8) is 0 Å². The number of methoxy groups -OCH3 is 1. The number of carbonyl (C=O) groups is 1. The van der Waals surface area contributed by atoms with E-state index < -0.39 is 12.6 Å². The Morgan fingerprint density at radius 1 is 1.50 bits per heavy atom. The minimum Gasteiger partial charge on any atom is -0.469 e. The van der Waals surface area contributed by atoms with Gasteiger partial charge in [-0.1, -0.05) is 17.7 Å². The fourth-order valence-electron chi connectivity index (χ4n) is 1.11. The first-order valence-electron chi connectivity index (χ1n) is 4.33. The van der Waals surface area contributed by atoms with E-state index in [2.05, 4.69) is 9.47 Å². The first-order valence-corrected chi connectivity index (χ1v) is 4.70. The van der Waals surface area contributed by atoms with E-state index >= 15 is 0 Å². The molecule has 0 N–H and O–H groups in total. The van der Waals surface area contributed by atoms with Crippen LogP contribution in [0.25, 0.3) is 0 Å². The number of rotatable bonds is 4. The Kier molecular flexibility index (Phi) is 4.49. The van der Waals surface area contributed by atoms with Gasteiger partial charge in [0, 0.05) is 10.6 Å². The number of hydrogen-bond donors (Lipinski definition) is 0. The largest absolute Gasteiger partial charge is 0.469 e. The second-order valence-electron chi connectivity index (χ2n) is 2.88. The van der Waals surface area contributed by atoms with Crippen LogP contribution in [0.4, 0.5) is 8.78 Å². The Balaban J connectivity index is 2.93. The monoisotopic (exact) mass is 250 g/mol. The molecule has 88 valence electrons. The molecule has 0 aliphatic heterocycles. The molecule has 3 nitrogen and oxygen atoms in total. The number of halogens is 3. The van der Waals surface area contributed by atoms with E-state index in [9.17, 15) is 13.6 Å². The summed E-state index contributed by atoms with van der Waals surface area (Å²) in [5.74, 6) is -0.658. The average molecular weight is 251 g/mol. The molecular formula is C10H9ClF2O3. The molecule has 1 aromatic rings. The van der Waals surface area contributed by atoms with Crippen molar-refractivity contribution in [2.45, 2.75) is 13.0 Å². The summed E-state index contributed by atoms with van der Waals surface area (Å²) in [6.45, 7) is -2.96. The fourth-order valence-corrected chi connectivity index (χ4v) is 1.27. The van der Waals surface area contributed by atoms with Gasteiger partial charge in [0.2, 0.25) is 0 Å². The van der Waals surface area contributed by atoms with Crippen LogP contribution in [0.1, 0.15) is 5.56 Å². The Labute approximate surface area is 95.9 Å². The summed E-state index contributed by atoms with van der Waals surface area (Å²) in [7, 11) is 1.21. The van der Waals surface area contributed by atoms with Crippen LogP contribution in [0.5, 0.6) is 5.75 Å². The summed E-state index contributed by atoms with van der Waals surface area (Å²) in [4.78, 5) is 11.0. The van der Waals surface area contributed by atoms with Crippen LogP contribution in [0.15, 0.2) is 18.2 Å². The first kappa shape index (κ1) is 12.7. The van der Waals surface area contributed by atoms with Gasteiger partial charge in [-0.2, -0.15) is 8.78 Å². The highest BCUT2D eigenvalue weighted by molar-refractivity contribution is 6.30. The third-order valence-corrected chi connectivity index (χ3v) is 2.04. The van der Waals surface area contributed by atoms with Crippen LogP contribution in [-0.4, -0.2) is 19.7 Å². The van der Waals surface area contributed by atoms with Gasteiger partial charge in [0.15, 0.2) is 0 Å². The lowest BCUT2D eigenvalue weighted by Crippen LogP contribution is -2.09. The van der Waals surface area contributed by atoms with Crippen molar-refractivity contribution < 1.29 is 23.0 Å². The molecule has 0 saturated carbocycles. The molecule has 1 rings (SSSR count). The van der Waals surface area contributed by atoms with Gasteiger partial charge in [0.05, 0.1) is 13.5 Å². The van der Waals surface area contributed by atoms with Crippen LogP contribution < -0.4 is 4.74 Å². The topological polar surface area (TPSA) is 35.5 Å². The quantitative estimate of drug-likeness (QED) is 0.771. The maximum atomic E-state index is 12.1. The van der Waals surface area contributed by atoms with Crippen molar-refractivity contribution in [2.24, 2.45) is 0 Å². The van der Waals surface area contributed by atoms with Crippen LogP contribution in [0, 0.1) is 0 Å². The SMILES string of the molecule is COC(=O)Cc1ccc(Cl)cc1OC(F)F. The van der Waals surface area contributed by atoms with E-state index in [1.807, 2.05) is 0 Å². The molecule has 0 saturated heterocycles. The van der Waals surface area contributed by atoms with Crippen molar-refractivity contribution in [2.75, 3.05) is 7.11 Å². The van der Waals surface area contributed by atoms with E-state index in [0.717, 1.165) is 0 Å². The van der Waals surface area contributed by atoms with E-state index in [1.165, 1.54) is 25.3 Å². The minimum absolute atomic E-state index is 0.118. The molecule has 0 radical (unpaired) electrons. The smallest absolute Gasteiger partial charge is 0.387 e. The maximum absolute atomic E-state index is 12.1. The zero-order valence-corrected chi connectivity index (χ0v) is 9.13. The summed E-state index contributed by atoms with van der Waals surface area (Å²) in [6.07, 6.45) is -0.143. The van der Waals surface area contributed by atoms with Gasteiger partial charge in [0.25, 0.3) is 0 Å². The average Bonchev–Trinajstić information content (AvgIpc) is 2.21. The molecular weight excluding hydrogens is 242 g/mol. The van der Waals surface area contributed by atoms with Crippen molar-refractivity contribution in [3.8, 4) is 5.75 Å². The van der Waals surface area contributed by atoms with Gasteiger partial charge in [-0.15, -0.1) is 0 Å². The van der Waals surface area contributed by atoms with Crippen molar-refractivity contribution in [1.82, 2.24) is 0 Å². The molecule has 0 atom stereocenters. The normalized spacial score (nSPS) is 10.3. The van der Waals surface area contributed by atoms with Crippen LogP contribution in [-0.2, 0) is 16.0 Å². The molecule has 0 bridgehead atoms. The van der Waals surface area contributed by atoms with Gasteiger partial charge in [-0.25, -0.2) is 0 Å². The first-order chi connectivity index (χ1) is 7.52. The van der Waals surface area contributed by atoms with Crippen LogP contribution in [0.3, 0.4) is 0 Å². The van der Waals surface area contributed by atoms with Gasteiger partial charge in [-0.3, -0.25) is 4.79 Å². The Bertz CT molecular complexity index is 382. The van der Waals surface area contributed by atoms with Gasteiger partial charge >= 0.3 is 12.6 Å². The second-order valence-corrected chi connectivity index (χ2v) is 3.32. The highest BCUT2D eigenvalue weighted by Crippen LogP contribution is 2.25. The van der Waals surface area contributed by atoms with E-state index in [0.29, 0.717) is 5.56 Å². The Hall–Kier alpha value is -1.36. The molecule has 1 aromatic carbocycles. The molecule has 0 amide bonds. The van der Waals surface area contributed by atoms with Crippen molar-refractivity contribution >= 4 is 17.6 Å². The van der Waals surface area contributed by atoms with Gasteiger partial charge in [-0.05, 0) is 12.1 Å². The van der Waals surface area contributed by atoms with Crippen LogP contribution >= 0.6 is 11.6 Å². The number of carbonyl (C=O) groups excluding carboxylic acids is 1. The highest BCUT2D eigenvalue weighted by Gasteiger charge is 2.13. The number of alkyl halides is 2. The number of hydrogen-bond acceptors (Lipinski definition) is 3. The number of esters is 1. The lowest BCUT2D eigenvalue weighted by molar-refractivity contribution is -0.139.